The number of hydrogen-bond donors (Lipinski definition) is 6. The number of hydrogen-bond acceptors (Lipinski definition) is 10. The minimum absolute atomic E-state index is 0.0221. The van der Waals surface area contributed by atoms with Crippen LogP contribution in [-0.2, 0) is 40.5 Å². The fourth-order valence-electron chi connectivity index (χ4n) is 5.16. The average molecular weight is 733 g/mol. The van der Waals surface area contributed by atoms with Crippen LogP contribution in [0.5, 0.6) is 0 Å². The molecule has 0 aromatic heterocycles. The van der Waals surface area contributed by atoms with E-state index in [9.17, 15) is 51.9 Å². The summed E-state index contributed by atoms with van der Waals surface area (Å²) in [7, 11) is -18.4. The molecule has 14 nitrogen and oxygen atoms in total. The second-order valence-electron chi connectivity index (χ2n) is 10.3. The first kappa shape index (κ1) is 34.7. The maximum absolute atomic E-state index is 11.8. The van der Waals surface area contributed by atoms with Gasteiger partial charge in [-0.1, -0.05) is 48.5 Å². The predicted octanol–water partition coefficient (Wildman–Crippen LogP) is 4.51. The SMILES string of the molecule is Nc1c(-c2ccc(S(=O)(=O)O)cc2)c(-c2ccc(S(=O)(=O)O)cc2)c(N)c(-c2ccc(S(=O)(=O)O)cc2)c1-c1ccc(S(=O)(=O)O)cc1. The lowest BCUT2D eigenvalue weighted by Gasteiger charge is -2.25. The summed E-state index contributed by atoms with van der Waals surface area (Å²) in [5.74, 6) is 0. The third kappa shape index (κ3) is 6.82. The summed E-state index contributed by atoms with van der Waals surface area (Å²) in [6, 6.07) is 19.5. The van der Waals surface area contributed by atoms with Gasteiger partial charge in [-0.25, -0.2) is 0 Å². The molecule has 250 valence electrons. The van der Waals surface area contributed by atoms with E-state index < -0.39 is 60.1 Å². The smallest absolute Gasteiger partial charge is 0.294 e. The molecule has 0 aliphatic rings. The summed E-state index contributed by atoms with van der Waals surface area (Å²) in [5.41, 5.74) is 15.5. The molecule has 48 heavy (non-hydrogen) atoms. The molecule has 0 unspecified atom stereocenters. The Morgan fingerprint density at radius 2 is 0.458 bits per heavy atom. The third-order valence-electron chi connectivity index (χ3n) is 7.34. The van der Waals surface area contributed by atoms with Crippen LogP contribution in [0.1, 0.15) is 0 Å². The molecule has 0 heterocycles. The Balaban J connectivity index is 1.93. The van der Waals surface area contributed by atoms with Crippen molar-refractivity contribution in [1.29, 1.82) is 0 Å². The Hall–Kier alpha value is -4.66. The standard InChI is InChI=1S/C30H24N2O12S4/c31-29-25(17-1-9-21(10-2-17)45(33,34)35)26(18-3-11-22(12-4-18)46(36,37)38)30(32)28(20-7-15-24(16-8-20)48(42,43)44)27(29)19-5-13-23(14-6-19)47(39,40)41/h1-16H,31-32H2,(H,33,34,35)(H,36,37,38)(H,39,40,41)(H,42,43,44). The topological polar surface area (TPSA) is 270 Å². The molecule has 0 atom stereocenters. The highest BCUT2D eigenvalue weighted by Gasteiger charge is 2.27. The Labute approximate surface area is 275 Å². The number of nitrogen functional groups attached to an aromatic ring is 2. The van der Waals surface area contributed by atoms with Gasteiger partial charge in [0.15, 0.2) is 0 Å². The van der Waals surface area contributed by atoms with Crippen LogP contribution in [0.15, 0.2) is 117 Å². The lowest BCUT2D eigenvalue weighted by Crippen LogP contribution is -2.06. The van der Waals surface area contributed by atoms with Gasteiger partial charge in [-0.05, 0) is 70.8 Å². The monoisotopic (exact) mass is 732 g/mol. The van der Waals surface area contributed by atoms with E-state index in [-0.39, 0.29) is 55.9 Å². The van der Waals surface area contributed by atoms with E-state index in [1.54, 1.807) is 0 Å². The van der Waals surface area contributed by atoms with Gasteiger partial charge in [-0.2, -0.15) is 33.7 Å². The predicted molar refractivity (Wildman–Crippen MR) is 176 cm³/mol. The maximum Gasteiger partial charge on any atom is 0.294 e. The summed E-state index contributed by atoms with van der Waals surface area (Å²) in [6.07, 6.45) is 0. The zero-order valence-corrected chi connectivity index (χ0v) is 27.3. The van der Waals surface area contributed by atoms with Gasteiger partial charge in [0.1, 0.15) is 0 Å². The quantitative estimate of drug-likeness (QED) is 0.0947. The summed E-state index contributed by atoms with van der Waals surface area (Å²) in [5, 5.41) is 0. The molecule has 0 fully saturated rings. The van der Waals surface area contributed by atoms with Crippen molar-refractivity contribution < 1.29 is 51.9 Å². The third-order valence-corrected chi connectivity index (χ3v) is 10.8. The fraction of sp³-hybridized carbons (Fsp3) is 0. The fourth-order valence-corrected chi connectivity index (χ4v) is 7.08. The Kier molecular flexibility index (Phi) is 8.74. The highest BCUT2D eigenvalue weighted by atomic mass is 32.2. The Morgan fingerprint density at radius 1 is 0.312 bits per heavy atom. The zero-order valence-electron chi connectivity index (χ0n) is 24.1. The minimum Gasteiger partial charge on any atom is -0.398 e. The molecule has 5 aromatic carbocycles. The molecular weight excluding hydrogens is 709 g/mol. The molecule has 0 aliphatic heterocycles. The van der Waals surface area contributed by atoms with Crippen LogP contribution in [0.25, 0.3) is 44.5 Å². The van der Waals surface area contributed by atoms with Crippen molar-refractivity contribution in [3.05, 3.63) is 97.1 Å². The average Bonchev–Trinajstić information content (AvgIpc) is 3.00. The number of nitrogens with two attached hydrogens (primary N) is 2. The van der Waals surface area contributed by atoms with E-state index in [0.29, 0.717) is 0 Å². The molecule has 0 amide bonds. The molecule has 0 saturated heterocycles. The van der Waals surface area contributed by atoms with Crippen LogP contribution in [0, 0.1) is 0 Å². The van der Waals surface area contributed by atoms with Crippen molar-refractivity contribution in [3.8, 4) is 44.5 Å². The molecule has 0 bridgehead atoms. The number of rotatable bonds is 8. The van der Waals surface area contributed by atoms with E-state index in [2.05, 4.69) is 0 Å². The highest BCUT2D eigenvalue weighted by molar-refractivity contribution is 7.86. The summed E-state index contributed by atoms with van der Waals surface area (Å²) >= 11 is 0. The van der Waals surface area contributed by atoms with Crippen molar-refractivity contribution in [2.45, 2.75) is 19.6 Å². The van der Waals surface area contributed by atoms with Gasteiger partial charge in [0.2, 0.25) is 0 Å². The lowest BCUT2D eigenvalue weighted by molar-refractivity contribution is 0.481. The molecule has 0 radical (unpaired) electrons. The van der Waals surface area contributed by atoms with Crippen LogP contribution in [0.2, 0.25) is 0 Å². The van der Waals surface area contributed by atoms with Crippen molar-refractivity contribution >= 4 is 51.8 Å². The molecule has 18 heteroatoms. The van der Waals surface area contributed by atoms with Gasteiger partial charge >= 0.3 is 0 Å². The summed E-state index contributed by atoms with van der Waals surface area (Å²) in [4.78, 5) is -1.75. The molecule has 5 aromatic rings. The first-order chi connectivity index (χ1) is 22.2. The van der Waals surface area contributed by atoms with Crippen LogP contribution in [-0.4, -0.2) is 51.9 Å². The van der Waals surface area contributed by atoms with E-state index in [0.717, 1.165) is 48.5 Å². The van der Waals surface area contributed by atoms with Crippen molar-refractivity contribution in [3.63, 3.8) is 0 Å². The van der Waals surface area contributed by atoms with E-state index in [4.69, 9.17) is 11.5 Å². The largest absolute Gasteiger partial charge is 0.398 e. The second-order valence-corrected chi connectivity index (χ2v) is 16.0. The first-order valence-electron chi connectivity index (χ1n) is 13.2. The van der Waals surface area contributed by atoms with E-state index in [1.807, 2.05) is 0 Å². The van der Waals surface area contributed by atoms with Crippen LogP contribution >= 0.6 is 0 Å². The minimum atomic E-state index is -4.59. The lowest BCUT2D eigenvalue weighted by atomic mass is 9.82. The second kappa shape index (κ2) is 12.1. The molecule has 0 spiro atoms. The normalized spacial score (nSPS) is 12.6. The molecule has 0 aliphatic carbocycles. The summed E-state index contributed by atoms with van der Waals surface area (Å²) in [6.45, 7) is 0. The molecule has 5 rings (SSSR count). The molecule has 8 N–H and O–H groups in total. The maximum atomic E-state index is 11.8. The zero-order chi connectivity index (χ0) is 35.4. The van der Waals surface area contributed by atoms with Gasteiger partial charge in [-0.3, -0.25) is 18.2 Å². The molecule has 0 saturated carbocycles. The Bertz CT molecular complexity index is 2160. The summed E-state index contributed by atoms with van der Waals surface area (Å²) < 4.78 is 132. The van der Waals surface area contributed by atoms with Crippen LogP contribution in [0.4, 0.5) is 11.4 Å². The van der Waals surface area contributed by atoms with Crippen LogP contribution < -0.4 is 11.5 Å². The first-order valence-corrected chi connectivity index (χ1v) is 19.0. The van der Waals surface area contributed by atoms with Gasteiger partial charge in [0, 0.05) is 33.6 Å². The van der Waals surface area contributed by atoms with Crippen molar-refractivity contribution in [2.75, 3.05) is 11.5 Å². The number of anilines is 2. The Morgan fingerprint density at radius 3 is 0.583 bits per heavy atom. The molecular formula is C30H24N2O12S4. The van der Waals surface area contributed by atoms with E-state index >= 15 is 0 Å². The van der Waals surface area contributed by atoms with Crippen LogP contribution in [0.3, 0.4) is 0 Å². The van der Waals surface area contributed by atoms with Gasteiger partial charge < -0.3 is 11.5 Å². The van der Waals surface area contributed by atoms with Crippen molar-refractivity contribution in [2.24, 2.45) is 0 Å². The van der Waals surface area contributed by atoms with Gasteiger partial charge in [0.25, 0.3) is 40.5 Å². The van der Waals surface area contributed by atoms with E-state index in [1.165, 1.54) is 48.5 Å². The number of benzene rings is 5. The van der Waals surface area contributed by atoms with Crippen molar-refractivity contribution in [1.82, 2.24) is 0 Å². The van der Waals surface area contributed by atoms with Gasteiger partial charge in [0.05, 0.1) is 19.6 Å². The van der Waals surface area contributed by atoms with Gasteiger partial charge in [-0.15, -0.1) is 0 Å². The highest BCUT2D eigenvalue weighted by Crippen LogP contribution is 2.52.